The Morgan fingerprint density at radius 2 is 1.59 bits per heavy atom. The molecule has 0 aromatic rings. The topological polar surface area (TPSA) is 43.4 Å². The maximum absolute atomic E-state index is 12.1. The number of ketones is 1. The van der Waals surface area contributed by atoms with E-state index in [2.05, 4.69) is 18.6 Å². The summed E-state index contributed by atoms with van der Waals surface area (Å²) in [6, 6.07) is 0. The number of carbonyl (C=O) groups excluding carboxylic acids is 2. The van der Waals surface area contributed by atoms with Crippen LogP contribution in [-0.4, -0.2) is 18.9 Å². The Bertz CT molecular complexity index is 275. The molecule has 17 heavy (non-hydrogen) atoms. The minimum atomic E-state index is -0.597. The molecule has 0 bridgehead atoms. The molecule has 1 unspecified atom stereocenters. The molecule has 3 nitrogen and oxygen atoms in total. The fraction of sp³-hybridized carbons (Fsp3) is 0.857. The fourth-order valence-electron chi connectivity index (χ4n) is 2.72. The van der Waals surface area contributed by atoms with E-state index >= 15 is 0 Å². The first-order chi connectivity index (χ1) is 7.97. The van der Waals surface area contributed by atoms with E-state index in [4.69, 9.17) is 0 Å². The molecule has 1 aliphatic rings. The van der Waals surface area contributed by atoms with Crippen molar-refractivity contribution in [3.05, 3.63) is 0 Å². The summed E-state index contributed by atoms with van der Waals surface area (Å²) in [5.74, 6) is 0.580. The SMILES string of the molecule is COC(=O)C(C)C(=O)C1CCC(C(C)C)CC1. The minimum Gasteiger partial charge on any atom is -0.468 e. The Morgan fingerprint density at radius 1 is 1.06 bits per heavy atom. The van der Waals surface area contributed by atoms with Gasteiger partial charge < -0.3 is 4.74 Å². The van der Waals surface area contributed by atoms with Gasteiger partial charge in [0.15, 0.2) is 0 Å². The van der Waals surface area contributed by atoms with Crippen molar-refractivity contribution in [1.29, 1.82) is 0 Å². The Labute approximate surface area is 104 Å². The Morgan fingerprint density at radius 3 is 2.00 bits per heavy atom. The Balaban J connectivity index is 2.48. The van der Waals surface area contributed by atoms with Gasteiger partial charge in [0.25, 0.3) is 0 Å². The van der Waals surface area contributed by atoms with Gasteiger partial charge in [-0.3, -0.25) is 9.59 Å². The van der Waals surface area contributed by atoms with E-state index in [1.807, 2.05) is 0 Å². The number of Topliss-reactive ketones (excluding diaryl/α,β-unsaturated/α-hetero) is 1. The van der Waals surface area contributed by atoms with Crippen molar-refractivity contribution in [3.63, 3.8) is 0 Å². The van der Waals surface area contributed by atoms with Crippen LogP contribution in [0, 0.1) is 23.7 Å². The second kappa shape index (κ2) is 6.18. The van der Waals surface area contributed by atoms with Crippen LogP contribution in [-0.2, 0) is 14.3 Å². The van der Waals surface area contributed by atoms with Crippen LogP contribution < -0.4 is 0 Å². The van der Waals surface area contributed by atoms with E-state index in [-0.39, 0.29) is 11.7 Å². The van der Waals surface area contributed by atoms with Crippen LogP contribution in [0.2, 0.25) is 0 Å². The lowest BCUT2D eigenvalue weighted by Crippen LogP contribution is -2.31. The summed E-state index contributed by atoms with van der Waals surface area (Å²) < 4.78 is 4.62. The summed E-state index contributed by atoms with van der Waals surface area (Å²) in [6.45, 7) is 6.14. The molecule has 1 rings (SSSR count). The van der Waals surface area contributed by atoms with E-state index < -0.39 is 11.9 Å². The molecule has 0 spiro atoms. The highest BCUT2D eigenvalue weighted by Gasteiger charge is 2.33. The first kappa shape index (κ1) is 14.2. The summed E-state index contributed by atoms with van der Waals surface area (Å²) in [5.41, 5.74) is 0. The summed E-state index contributed by atoms with van der Waals surface area (Å²) >= 11 is 0. The highest BCUT2D eigenvalue weighted by atomic mass is 16.5. The van der Waals surface area contributed by atoms with Gasteiger partial charge in [0.1, 0.15) is 11.7 Å². The molecular formula is C14H24O3. The van der Waals surface area contributed by atoms with Crippen molar-refractivity contribution >= 4 is 11.8 Å². The molecule has 1 aliphatic carbocycles. The van der Waals surface area contributed by atoms with Crippen LogP contribution in [0.5, 0.6) is 0 Å². The quantitative estimate of drug-likeness (QED) is 0.560. The Kier molecular flexibility index (Phi) is 5.16. The molecule has 1 atom stereocenters. The summed E-state index contributed by atoms with van der Waals surface area (Å²) in [6.07, 6.45) is 4.09. The molecule has 0 N–H and O–H groups in total. The van der Waals surface area contributed by atoms with Crippen LogP contribution in [0.25, 0.3) is 0 Å². The molecule has 0 radical (unpaired) electrons. The van der Waals surface area contributed by atoms with Crippen molar-refractivity contribution < 1.29 is 14.3 Å². The number of ether oxygens (including phenoxy) is 1. The van der Waals surface area contributed by atoms with E-state index in [1.54, 1.807) is 6.92 Å². The van der Waals surface area contributed by atoms with E-state index in [0.717, 1.165) is 31.6 Å². The normalized spacial score (nSPS) is 26.6. The first-order valence-electron chi connectivity index (χ1n) is 6.59. The molecule has 0 aliphatic heterocycles. The molecule has 0 heterocycles. The Hall–Kier alpha value is -0.860. The smallest absolute Gasteiger partial charge is 0.315 e. The van der Waals surface area contributed by atoms with Gasteiger partial charge in [-0.15, -0.1) is 0 Å². The van der Waals surface area contributed by atoms with Crippen LogP contribution >= 0.6 is 0 Å². The standard InChI is InChI=1S/C14H24O3/c1-9(2)11-5-7-12(8-6-11)13(15)10(3)14(16)17-4/h9-12H,5-8H2,1-4H3. The lowest BCUT2D eigenvalue weighted by Gasteiger charge is -2.30. The maximum Gasteiger partial charge on any atom is 0.315 e. The fourth-order valence-corrected chi connectivity index (χ4v) is 2.72. The minimum absolute atomic E-state index is 0.0686. The number of esters is 1. The molecule has 1 fully saturated rings. The van der Waals surface area contributed by atoms with E-state index in [9.17, 15) is 9.59 Å². The van der Waals surface area contributed by atoms with E-state index in [1.165, 1.54) is 7.11 Å². The molecule has 0 aromatic carbocycles. The molecule has 0 amide bonds. The average Bonchev–Trinajstić information content (AvgIpc) is 2.36. The maximum atomic E-state index is 12.1. The number of hydrogen-bond donors (Lipinski definition) is 0. The van der Waals surface area contributed by atoms with Gasteiger partial charge in [0.05, 0.1) is 7.11 Å². The predicted octanol–water partition coefficient (Wildman–Crippen LogP) is 2.83. The zero-order chi connectivity index (χ0) is 13.0. The number of methoxy groups -OCH3 is 1. The van der Waals surface area contributed by atoms with Crippen LogP contribution in [0.3, 0.4) is 0 Å². The van der Waals surface area contributed by atoms with Crippen LogP contribution in [0.1, 0.15) is 46.5 Å². The van der Waals surface area contributed by atoms with Crippen molar-refractivity contribution in [1.82, 2.24) is 0 Å². The summed E-state index contributed by atoms with van der Waals surface area (Å²) in [7, 11) is 1.34. The summed E-state index contributed by atoms with van der Waals surface area (Å²) in [4.78, 5) is 23.4. The van der Waals surface area contributed by atoms with Gasteiger partial charge >= 0.3 is 5.97 Å². The van der Waals surface area contributed by atoms with Gasteiger partial charge in [0.2, 0.25) is 0 Å². The first-order valence-corrected chi connectivity index (χ1v) is 6.59. The third kappa shape index (κ3) is 3.55. The third-order valence-corrected chi connectivity index (χ3v) is 4.10. The van der Waals surface area contributed by atoms with Gasteiger partial charge in [-0.2, -0.15) is 0 Å². The molecule has 3 heteroatoms. The van der Waals surface area contributed by atoms with Gasteiger partial charge in [-0.1, -0.05) is 13.8 Å². The molecule has 98 valence electrons. The van der Waals surface area contributed by atoms with Gasteiger partial charge in [-0.25, -0.2) is 0 Å². The van der Waals surface area contributed by atoms with Gasteiger partial charge in [-0.05, 0) is 44.4 Å². The number of rotatable bonds is 4. The van der Waals surface area contributed by atoms with Crippen molar-refractivity contribution in [2.45, 2.75) is 46.5 Å². The van der Waals surface area contributed by atoms with Crippen LogP contribution in [0.15, 0.2) is 0 Å². The molecule has 0 saturated heterocycles. The lowest BCUT2D eigenvalue weighted by atomic mass is 9.74. The highest BCUT2D eigenvalue weighted by Crippen LogP contribution is 2.34. The largest absolute Gasteiger partial charge is 0.468 e. The van der Waals surface area contributed by atoms with Gasteiger partial charge in [0, 0.05) is 5.92 Å². The average molecular weight is 240 g/mol. The van der Waals surface area contributed by atoms with Crippen LogP contribution in [0.4, 0.5) is 0 Å². The predicted molar refractivity (Wildman–Crippen MR) is 66.5 cm³/mol. The van der Waals surface area contributed by atoms with Crippen molar-refractivity contribution in [3.8, 4) is 0 Å². The molecule has 1 saturated carbocycles. The highest BCUT2D eigenvalue weighted by molar-refractivity contribution is 5.99. The second-order valence-corrected chi connectivity index (χ2v) is 5.50. The monoisotopic (exact) mass is 240 g/mol. The molecular weight excluding hydrogens is 216 g/mol. The van der Waals surface area contributed by atoms with Crippen molar-refractivity contribution in [2.24, 2.45) is 23.7 Å². The second-order valence-electron chi connectivity index (χ2n) is 5.50. The zero-order valence-corrected chi connectivity index (χ0v) is 11.4. The third-order valence-electron chi connectivity index (χ3n) is 4.10. The zero-order valence-electron chi connectivity index (χ0n) is 11.4. The number of carbonyl (C=O) groups is 2. The lowest BCUT2D eigenvalue weighted by molar-refractivity contribution is -0.150. The number of hydrogen-bond acceptors (Lipinski definition) is 3. The van der Waals surface area contributed by atoms with E-state index in [0.29, 0.717) is 5.92 Å². The molecule has 0 aromatic heterocycles. The summed E-state index contributed by atoms with van der Waals surface area (Å²) in [5, 5.41) is 0. The van der Waals surface area contributed by atoms with Crippen molar-refractivity contribution in [2.75, 3.05) is 7.11 Å².